The number of nitrogens with zero attached hydrogens (tertiary/aromatic N) is 1. The summed E-state index contributed by atoms with van der Waals surface area (Å²) in [5.41, 5.74) is 1.56. The SMILES string of the molecule is CCC(CC)(CNC)CN(C)Cc1ccccc1Cl. The van der Waals surface area contributed by atoms with Crippen molar-refractivity contribution in [2.24, 2.45) is 5.41 Å². The van der Waals surface area contributed by atoms with Crippen LogP contribution < -0.4 is 5.32 Å². The molecule has 0 saturated carbocycles. The molecule has 0 saturated heterocycles. The Kier molecular flexibility index (Phi) is 6.84. The molecule has 3 heteroatoms. The molecule has 0 spiro atoms. The van der Waals surface area contributed by atoms with Crippen molar-refractivity contribution >= 4 is 11.6 Å². The first kappa shape index (κ1) is 16.5. The topological polar surface area (TPSA) is 15.3 Å². The van der Waals surface area contributed by atoms with Gasteiger partial charge < -0.3 is 10.2 Å². The summed E-state index contributed by atoms with van der Waals surface area (Å²) in [5, 5.41) is 4.20. The number of hydrogen-bond donors (Lipinski definition) is 1. The maximum Gasteiger partial charge on any atom is 0.0451 e. The van der Waals surface area contributed by atoms with Crippen LogP contribution >= 0.6 is 11.6 Å². The van der Waals surface area contributed by atoms with Crippen molar-refractivity contribution in [2.75, 3.05) is 27.2 Å². The van der Waals surface area contributed by atoms with Gasteiger partial charge in [-0.05, 0) is 44.0 Å². The Morgan fingerprint density at radius 3 is 2.37 bits per heavy atom. The summed E-state index contributed by atoms with van der Waals surface area (Å²) < 4.78 is 0. The molecule has 2 nitrogen and oxygen atoms in total. The Hall–Kier alpha value is -0.570. The fraction of sp³-hybridized carbons (Fsp3) is 0.625. The van der Waals surface area contributed by atoms with Crippen LogP contribution in [-0.4, -0.2) is 32.1 Å². The summed E-state index contributed by atoms with van der Waals surface area (Å²) in [4.78, 5) is 2.38. The average molecular weight is 283 g/mol. The highest BCUT2D eigenvalue weighted by atomic mass is 35.5. The number of nitrogens with one attached hydrogen (secondary N) is 1. The van der Waals surface area contributed by atoms with Gasteiger partial charge in [0.1, 0.15) is 0 Å². The molecule has 0 aliphatic rings. The van der Waals surface area contributed by atoms with Crippen LogP contribution in [0.3, 0.4) is 0 Å². The van der Waals surface area contributed by atoms with Gasteiger partial charge in [-0.1, -0.05) is 43.6 Å². The average Bonchev–Trinajstić information content (AvgIpc) is 2.41. The van der Waals surface area contributed by atoms with Gasteiger partial charge in [0.05, 0.1) is 0 Å². The van der Waals surface area contributed by atoms with Crippen molar-refractivity contribution in [3.63, 3.8) is 0 Å². The molecule has 0 atom stereocenters. The number of hydrogen-bond acceptors (Lipinski definition) is 2. The Morgan fingerprint density at radius 1 is 1.21 bits per heavy atom. The van der Waals surface area contributed by atoms with E-state index >= 15 is 0 Å². The molecule has 0 aliphatic carbocycles. The molecule has 0 aromatic heterocycles. The highest BCUT2D eigenvalue weighted by molar-refractivity contribution is 6.31. The molecule has 0 unspecified atom stereocenters. The molecule has 108 valence electrons. The molecule has 1 rings (SSSR count). The molecular weight excluding hydrogens is 256 g/mol. The fourth-order valence-corrected chi connectivity index (χ4v) is 2.90. The van der Waals surface area contributed by atoms with Crippen LogP contribution in [0.25, 0.3) is 0 Å². The molecule has 0 amide bonds. The van der Waals surface area contributed by atoms with Gasteiger partial charge in [-0.2, -0.15) is 0 Å². The van der Waals surface area contributed by atoms with E-state index in [1.807, 2.05) is 19.2 Å². The normalized spacial score (nSPS) is 12.1. The molecule has 1 aromatic rings. The predicted molar refractivity (Wildman–Crippen MR) is 84.7 cm³/mol. The monoisotopic (exact) mass is 282 g/mol. The van der Waals surface area contributed by atoms with Crippen molar-refractivity contribution in [1.29, 1.82) is 0 Å². The van der Waals surface area contributed by atoms with Gasteiger partial charge in [0, 0.05) is 24.7 Å². The minimum absolute atomic E-state index is 0.352. The highest BCUT2D eigenvalue weighted by Gasteiger charge is 2.27. The lowest BCUT2D eigenvalue weighted by Gasteiger charge is -2.36. The van der Waals surface area contributed by atoms with E-state index in [4.69, 9.17) is 11.6 Å². The van der Waals surface area contributed by atoms with E-state index in [-0.39, 0.29) is 0 Å². The zero-order chi connectivity index (χ0) is 14.3. The third kappa shape index (κ3) is 4.79. The molecule has 0 fully saturated rings. The van der Waals surface area contributed by atoms with Crippen molar-refractivity contribution in [3.05, 3.63) is 34.9 Å². The summed E-state index contributed by atoms with van der Waals surface area (Å²) in [6, 6.07) is 8.10. The van der Waals surface area contributed by atoms with Crippen LogP contribution in [0.1, 0.15) is 32.3 Å². The summed E-state index contributed by atoms with van der Waals surface area (Å²) in [6.45, 7) is 7.62. The summed E-state index contributed by atoms with van der Waals surface area (Å²) in [5.74, 6) is 0. The molecule has 19 heavy (non-hydrogen) atoms. The van der Waals surface area contributed by atoms with Gasteiger partial charge in [-0.3, -0.25) is 0 Å². The highest BCUT2D eigenvalue weighted by Crippen LogP contribution is 2.27. The van der Waals surface area contributed by atoms with E-state index in [1.54, 1.807) is 0 Å². The van der Waals surface area contributed by atoms with Crippen molar-refractivity contribution in [3.8, 4) is 0 Å². The quantitative estimate of drug-likeness (QED) is 0.780. The first-order chi connectivity index (χ1) is 9.06. The zero-order valence-corrected chi connectivity index (χ0v) is 13.4. The summed E-state index contributed by atoms with van der Waals surface area (Å²) in [7, 11) is 4.22. The lowest BCUT2D eigenvalue weighted by atomic mass is 9.81. The maximum atomic E-state index is 6.23. The van der Waals surface area contributed by atoms with Crippen LogP contribution in [0.15, 0.2) is 24.3 Å². The van der Waals surface area contributed by atoms with Crippen molar-refractivity contribution < 1.29 is 0 Å². The van der Waals surface area contributed by atoms with E-state index in [1.165, 1.54) is 18.4 Å². The standard InChI is InChI=1S/C16H27ClN2/c1-5-16(6-2,12-18-3)13-19(4)11-14-9-7-8-10-15(14)17/h7-10,18H,5-6,11-13H2,1-4H3. The predicted octanol–water partition coefficient (Wildman–Crippen LogP) is 3.80. The lowest BCUT2D eigenvalue weighted by molar-refractivity contribution is 0.153. The third-order valence-electron chi connectivity index (χ3n) is 4.06. The van der Waals surface area contributed by atoms with E-state index < -0.39 is 0 Å². The van der Waals surface area contributed by atoms with Crippen LogP contribution in [0.4, 0.5) is 0 Å². The second-order valence-electron chi connectivity index (χ2n) is 5.50. The molecule has 1 N–H and O–H groups in total. The molecule has 1 aromatic carbocycles. The van der Waals surface area contributed by atoms with Gasteiger partial charge in [-0.15, -0.1) is 0 Å². The molecular formula is C16H27ClN2. The zero-order valence-electron chi connectivity index (χ0n) is 12.7. The van der Waals surface area contributed by atoms with E-state index in [9.17, 15) is 0 Å². The smallest absolute Gasteiger partial charge is 0.0451 e. The van der Waals surface area contributed by atoms with Crippen LogP contribution in [0.5, 0.6) is 0 Å². The van der Waals surface area contributed by atoms with E-state index in [2.05, 4.69) is 43.2 Å². The minimum Gasteiger partial charge on any atom is -0.319 e. The Morgan fingerprint density at radius 2 is 1.84 bits per heavy atom. The first-order valence-electron chi connectivity index (χ1n) is 7.13. The molecule has 0 aliphatic heterocycles. The van der Waals surface area contributed by atoms with Gasteiger partial charge >= 0.3 is 0 Å². The van der Waals surface area contributed by atoms with Crippen LogP contribution in [0, 0.1) is 5.41 Å². The minimum atomic E-state index is 0.352. The van der Waals surface area contributed by atoms with Crippen molar-refractivity contribution in [2.45, 2.75) is 33.2 Å². The van der Waals surface area contributed by atoms with Crippen molar-refractivity contribution in [1.82, 2.24) is 10.2 Å². The molecule has 0 radical (unpaired) electrons. The van der Waals surface area contributed by atoms with Crippen LogP contribution in [-0.2, 0) is 6.54 Å². The third-order valence-corrected chi connectivity index (χ3v) is 4.42. The first-order valence-corrected chi connectivity index (χ1v) is 7.51. The molecule has 0 bridgehead atoms. The second kappa shape index (κ2) is 7.88. The van der Waals surface area contributed by atoms with E-state index in [0.29, 0.717) is 5.41 Å². The Bertz CT molecular complexity index is 375. The Labute approximate surface area is 123 Å². The number of benzene rings is 1. The van der Waals surface area contributed by atoms with Gasteiger partial charge in [-0.25, -0.2) is 0 Å². The largest absolute Gasteiger partial charge is 0.319 e. The molecule has 0 heterocycles. The second-order valence-corrected chi connectivity index (χ2v) is 5.91. The lowest BCUT2D eigenvalue weighted by Crippen LogP contribution is -2.41. The summed E-state index contributed by atoms with van der Waals surface area (Å²) >= 11 is 6.23. The van der Waals surface area contributed by atoms with Gasteiger partial charge in [0.2, 0.25) is 0 Å². The maximum absolute atomic E-state index is 6.23. The Balaban J connectivity index is 2.67. The van der Waals surface area contributed by atoms with Gasteiger partial charge in [0.15, 0.2) is 0 Å². The van der Waals surface area contributed by atoms with Crippen LogP contribution in [0.2, 0.25) is 5.02 Å². The fourth-order valence-electron chi connectivity index (χ4n) is 2.70. The van der Waals surface area contributed by atoms with Gasteiger partial charge in [0.25, 0.3) is 0 Å². The number of rotatable bonds is 8. The van der Waals surface area contributed by atoms with E-state index in [0.717, 1.165) is 24.7 Å². The summed E-state index contributed by atoms with van der Waals surface area (Å²) in [6.07, 6.45) is 2.38. The number of halogens is 1.